The molecule has 1 atom stereocenters. The Morgan fingerprint density at radius 1 is 1.29 bits per heavy atom. The molecule has 1 saturated carbocycles. The van der Waals surface area contributed by atoms with Crippen LogP contribution in [0.2, 0.25) is 0 Å². The summed E-state index contributed by atoms with van der Waals surface area (Å²) in [4.78, 5) is 0.637. The first-order chi connectivity index (χ1) is 8.25. The van der Waals surface area contributed by atoms with Crippen LogP contribution in [0.15, 0.2) is 29.2 Å². The standard InChI is InChI=1S/C14H19FOS/c15-13-7-3-4-8-14(13)17-10-12(16)9-11-5-1-2-6-11/h3-4,7-8,11-12,16H,1-2,5-6,9-10H2. The topological polar surface area (TPSA) is 20.2 Å². The first kappa shape index (κ1) is 12.9. The zero-order valence-electron chi connectivity index (χ0n) is 9.94. The van der Waals surface area contributed by atoms with Gasteiger partial charge in [0.15, 0.2) is 0 Å². The Morgan fingerprint density at radius 3 is 2.71 bits per heavy atom. The predicted molar refractivity (Wildman–Crippen MR) is 69.7 cm³/mol. The molecule has 1 aromatic carbocycles. The van der Waals surface area contributed by atoms with Gasteiger partial charge in [0.1, 0.15) is 5.82 Å². The molecule has 94 valence electrons. The fourth-order valence-corrected chi connectivity index (χ4v) is 3.34. The first-order valence-electron chi connectivity index (χ1n) is 6.31. The highest BCUT2D eigenvalue weighted by atomic mass is 32.2. The molecule has 0 saturated heterocycles. The van der Waals surface area contributed by atoms with Gasteiger partial charge in [-0.25, -0.2) is 4.39 Å². The lowest BCUT2D eigenvalue weighted by atomic mass is 10.0. The monoisotopic (exact) mass is 254 g/mol. The summed E-state index contributed by atoms with van der Waals surface area (Å²) in [6.45, 7) is 0. The average molecular weight is 254 g/mol. The summed E-state index contributed by atoms with van der Waals surface area (Å²) in [5, 5.41) is 9.92. The van der Waals surface area contributed by atoms with E-state index in [0.717, 1.165) is 6.42 Å². The summed E-state index contributed by atoms with van der Waals surface area (Å²) >= 11 is 1.41. The summed E-state index contributed by atoms with van der Waals surface area (Å²) in [7, 11) is 0. The average Bonchev–Trinajstić information content (AvgIpc) is 2.81. The minimum absolute atomic E-state index is 0.189. The van der Waals surface area contributed by atoms with Gasteiger partial charge in [-0.15, -0.1) is 11.8 Å². The fourth-order valence-electron chi connectivity index (χ4n) is 2.45. The zero-order chi connectivity index (χ0) is 12.1. The van der Waals surface area contributed by atoms with E-state index in [-0.39, 0.29) is 11.9 Å². The molecule has 0 bridgehead atoms. The van der Waals surface area contributed by atoms with Gasteiger partial charge >= 0.3 is 0 Å². The third-order valence-corrected chi connectivity index (χ3v) is 4.54. The van der Waals surface area contributed by atoms with Crippen LogP contribution < -0.4 is 0 Å². The highest BCUT2D eigenvalue weighted by Gasteiger charge is 2.19. The summed E-state index contributed by atoms with van der Waals surface area (Å²) < 4.78 is 13.3. The van der Waals surface area contributed by atoms with Gasteiger partial charge in [0.05, 0.1) is 6.10 Å². The van der Waals surface area contributed by atoms with Gasteiger partial charge in [-0.2, -0.15) is 0 Å². The van der Waals surface area contributed by atoms with Crippen LogP contribution in [-0.4, -0.2) is 17.0 Å². The maximum atomic E-state index is 13.3. The van der Waals surface area contributed by atoms with Crippen LogP contribution in [-0.2, 0) is 0 Å². The zero-order valence-corrected chi connectivity index (χ0v) is 10.8. The molecular formula is C14H19FOS. The normalized spacial score (nSPS) is 18.5. The van der Waals surface area contributed by atoms with Crippen LogP contribution in [0, 0.1) is 11.7 Å². The smallest absolute Gasteiger partial charge is 0.136 e. The molecule has 0 aliphatic heterocycles. The second-order valence-electron chi connectivity index (χ2n) is 4.78. The summed E-state index contributed by atoms with van der Waals surface area (Å²) in [5.41, 5.74) is 0. The van der Waals surface area contributed by atoms with Gasteiger partial charge in [0.2, 0.25) is 0 Å². The molecule has 0 heterocycles. The summed E-state index contributed by atoms with van der Waals surface area (Å²) in [6, 6.07) is 6.75. The minimum atomic E-state index is -0.303. The molecule has 0 radical (unpaired) electrons. The molecule has 1 aliphatic carbocycles. The number of halogens is 1. The largest absolute Gasteiger partial charge is 0.392 e. The van der Waals surface area contributed by atoms with Gasteiger partial charge < -0.3 is 5.11 Å². The number of hydrogen-bond acceptors (Lipinski definition) is 2. The van der Waals surface area contributed by atoms with E-state index in [4.69, 9.17) is 0 Å². The summed E-state index contributed by atoms with van der Waals surface area (Å²) in [5.74, 6) is 1.09. The Bertz CT molecular complexity index is 350. The van der Waals surface area contributed by atoms with Crippen LogP contribution >= 0.6 is 11.8 Å². The number of rotatable bonds is 5. The van der Waals surface area contributed by atoms with E-state index in [0.29, 0.717) is 16.6 Å². The maximum Gasteiger partial charge on any atom is 0.136 e. The molecular weight excluding hydrogens is 235 g/mol. The van der Waals surface area contributed by atoms with Crippen LogP contribution in [0.3, 0.4) is 0 Å². The number of aliphatic hydroxyl groups excluding tert-OH is 1. The second-order valence-corrected chi connectivity index (χ2v) is 5.84. The van der Waals surface area contributed by atoms with Crippen molar-refractivity contribution in [3.8, 4) is 0 Å². The van der Waals surface area contributed by atoms with Crippen molar-refractivity contribution in [2.45, 2.75) is 43.1 Å². The van der Waals surface area contributed by atoms with E-state index in [1.807, 2.05) is 6.07 Å². The van der Waals surface area contributed by atoms with E-state index < -0.39 is 0 Å². The third kappa shape index (κ3) is 4.00. The Labute approximate surface area is 106 Å². The van der Waals surface area contributed by atoms with Gasteiger partial charge in [0, 0.05) is 10.6 Å². The molecule has 17 heavy (non-hydrogen) atoms. The highest BCUT2D eigenvalue weighted by molar-refractivity contribution is 7.99. The van der Waals surface area contributed by atoms with E-state index in [1.165, 1.54) is 43.5 Å². The molecule has 1 nitrogen and oxygen atoms in total. The molecule has 1 N–H and O–H groups in total. The number of benzene rings is 1. The van der Waals surface area contributed by atoms with Crippen molar-refractivity contribution in [3.63, 3.8) is 0 Å². The molecule has 1 aromatic rings. The highest BCUT2D eigenvalue weighted by Crippen LogP contribution is 2.30. The van der Waals surface area contributed by atoms with E-state index in [9.17, 15) is 9.50 Å². The van der Waals surface area contributed by atoms with Crippen molar-refractivity contribution in [1.82, 2.24) is 0 Å². The van der Waals surface area contributed by atoms with E-state index in [2.05, 4.69) is 0 Å². The SMILES string of the molecule is OC(CSc1ccccc1F)CC1CCCC1. The Hall–Kier alpha value is -0.540. The van der Waals surface area contributed by atoms with Crippen molar-refractivity contribution in [2.24, 2.45) is 5.92 Å². The molecule has 0 amide bonds. The van der Waals surface area contributed by atoms with Crippen LogP contribution in [0.25, 0.3) is 0 Å². The molecule has 2 rings (SSSR count). The van der Waals surface area contributed by atoms with Gasteiger partial charge in [0.25, 0.3) is 0 Å². The van der Waals surface area contributed by atoms with Crippen LogP contribution in [0.1, 0.15) is 32.1 Å². The lowest BCUT2D eigenvalue weighted by Crippen LogP contribution is -2.14. The molecule has 1 aliphatic rings. The molecule has 1 unspecified atom stereocenters. The predicted octanol–water partition coefficient (Wildman–Crippen LogP) is 3.86. The fraction of sp³-hybridized carbons (Fsp3) is 0.571. The van der Waals surface area contributed by atoms with Crippen molar-refractivity contribution in [2.75, 3.05) is 5.75 Å². The molecule has 0 aromatic heterocycles. The second kappa shape index (κ2) is 6.41. The Morgan fingerprint density at radius 2 is 2.00 bits per heavy atom. The van der Waals surface area contributed by atoms with E-state index in [1.54, 1.807) is 12.1 Å². The Balaban J connectivity index is 1.75. The molecule has 1 fully saturated rings. The lowest BCUT2D eigenvalue weighted by molar-refractivity contribution is 0.165. The van der Waals surface area contributed by atoms with Gasteiger partial charge in [-0.3, -0.25) is 0 Å². The Kier molecular flexibility index (Phi) is 4.86. The van der Waals surface area contributed by atoms with Gasteiger partial charge in [-0.05, 0) is 24.5 Å². The maximum absolute atomic E-state index is 13.3. The van der Waals surface area contributed by atoms with E-state index >= 15 is 0 Å². The van der Waals surface area contributed by atoms with Crippen molar-refractivity contribution >= 4 is 11.8 Å². The van der Waals surface area contributed by atoms with Gasteiger partial charge in [-0.1, -0.05) is 37.8 Å². The third-order valence-electron chi connectivity index (χ3n) is 3.35. The molecule has 0 spiro atoms. The lowest BCUT2D eigenvalue weighted by Gasteiger charge is -2.15. The van der Waals surface area contributed by atoms with Crippen LogP contribution in [0.4, 0.5) is 4.39 Å². The quantitative estimate of drug-likeness (QED) is 0.805. The number of aliphatic hydroxyl groups is 1. The van der Waals surface area contributed by atoms with Crippen molar-refractivity contribution in [1.29, 1.82) is 0 Å². The number of hydrogen-bond donors (Lipinski definition) is 1. The first-order valence-corrected chi connectivity index (χ1v) is 7.29. The minimum Gasteiger partial charge on any atom is -0.392 e. The van der Waals surface area contributed by atoms with Crippen molar-refractivity contribution in [3.05, 3.63) is 30.1 Å². The summed E-state index contributed by atoms with van der Waals surface area (Å²) in [6.07, 6.45) is 5.68. The van der Waals surface area contributed by atoms with Crippen molar-refractivity contribution < 1.29 is 9.50 Å². The number of thioether (sulfide) groups is 1. The molecule has 3 heteroatoms. The van der Waals surface area contributed by atoms with Crippen LogP contribution in [0.5, 0.6) is 0 Å².